The van der Waals surface area contributed by atoms with Crippen molar-refractivity contribution in [2.75, 3.05) is 0 Å². The molecule has 1 aromatic carbocycles. The average Bonchev–Trinajstić information content (AvgIpc) is 2.32. The number of carbonyl (C=O) groups is 1. The van der Waals surface area contributed by atoms with Crippen molar-refractivity contribution in [2.45, 2.75) is 20.3 Å². The Bertz CT molecular complexity index is 594. The Balaban J connectivity index is 2.44. The molecule has 0 aliphatic rings. The highest BCUT2D eigenvalue weighted by Gasteiger charge is 2.08. The summed E-state index contributed by atoms with van der Waals surface area (Å²) in [5.41, 5.74) is 4.62. The first kappa shape index (κ1) is 12.2. The first-order valence-corrected chi connectivity index (χ1v) is 5.68. The second-order valence-corrected chi connectivity index (χ2v) is 4.27. The molecule has 0 atom stereocenters. The summed E-state index contributed by atoms with van der Waals surface area (Å²) in [7, 11) is 0. The first-order valence-electron chi connectivity index (χ1n) is 5.68. The third-order valence-electron chi connectivity index (χ3n) is 2.91. The number of carboxylic acid groups (broad SMARTS) is 1. The van der Waals surface area contributed by atoms with Crippen LogP contribution in [0.3, 0.4) is 0 Å². The maximum atomic E-state index is 10.7. The minimum Gasteiger partial charge on any atom is -0.481 e. The van der Waals surface area contributed by atoms with Crippen molar-refractivity contribution in [3.05, 3.63) is 47.2 Å². The van der Waals surface area contributed by atoms with Gasteiger partial charge in [-0.2, -0.15) is 10.2 Å². The number of hydrogen-bond acceptors (Lipinski definition) is 3. The van der Waals surface area contributed by atoms with E-state index in [2.05, 4.69) is 10.2 Å². The number of carboxylic acids is 1. The molecular weight excluding hydrogens is 228 g/mol. The van der Waals surface area contributed by atoms with Gasteiger partial charge in [-0.15, -0.1) is 0 Å². The summed E-state index contributed by atoms with van der Waals surface area (Å²) < 4.78 is 0. The molecule has 0 fully saturated rings. The summed E-state index contributed by atoms with van der Waals surface area (Å²) in [5.74, 6) is -0.834. The van der Waals surface area contributed by atoms with Gasteiger partial charge in [0.05, 0.1) is 18.3 Å². The fraction of sp³-hybridized carbons (Fsp3) is 0.214. The van der Waals surface area contributed by atoms with Crippen LogP contribution in [0.5, 0.6) is 0 Å². The SMILES string of the molecule is Cc1cnnc(-c2cccc(CC(=O)O)c2)c1C. The zero-order valence-corrected chi connectivity index (χ0v) is 10.3. The van der Waals surface area contributed by atoms with E-state index in [4.69, 9.17) is 5.11 Å². The second-order valence-electron chi connectivity index (χ2n) is 4.27. The molecule has 1 N–H and O–H groups in total. The van der Waals surface area contributed by atoms with Crippen LogP contribution in [0.25, 0.3) is 11.3 Å². The number of rotatable bonds is 3. The molecule has 0 saturated carbocycles. The van der Waals surface area contributed by atoms with Crippen LogP contribution < -0.4 is 0 Å². The minimum absolute atomic E-state index is 0.0200. The molecule has 0 spiro atoms. The first-order chi connectivity index (χ1) is 8.58. The molecule has 0 amide bonds. The third kappa shape index (κ3) is 2.53. The van der Waals surface area contributed by atoms with Crippen LogP contribution in [-0.2, 0) is 11.2 Å². The van der Waals surface area contributed by atoms with Gasteiger partial charge >= 0.3 is 5.97 Å². The van der Waals surface area contributed by atoms with Crippen LogP contribution in [0.2, 0.25) is 0 Å². The summed E-state index contributed by atoms with van der Waals surface area (Å²) in [6, 6.07) is 7.42. The Morgan fingerprint density at radius 1 is 1.33 bits per heavy atom. The van der Waals surface area contributed by atoms with E-state index in [0.29, 0.717) is 0 Å². The molecule has 2 rings (SSSR count). The van der Waals surface area contributed by atoms with E-state index in [0.717, 1.165) is 27.9 Å². The molecule has 4 heteroatoms. The molecule has 0 unspecified atom stereocenters. The zero-order chi connectivity index (χ0) is 13.1. The van der Waals surface area contributed by atoms with E-state index in [1.165, 1.54) is 0 Å². The third-order valence-corrected chi connectivity index (χ3v) is 2.91. The van der Waals surface area contributed by atoms with E-state index in [-0.39, 0.29) is 6.42 Å². The molecule has 0 aliphatic carbocycles. The van der Waals surface area contributed by atoms with Crippen LogP contribution in [0, 0.1) is 13.8 Å². The topological polar surface area (TPSA) is 63.1 Å². The lowest BCUT2D eigenvalue weighted by atomic mass is 10.0. The van der Waals surface area contributed by atoms with E-state index in [1.54, 1.807) is 12.3 Å². The van der Waals surface area contributed by atoms with Gasteiger partial charge in [-0.25, -0.2) is 0 Å². The Labute approximate surface area is 105 Å². The molecule has 0 bridgehead atoms. The molecule has 0 saturated heterocycles. The lowest BCUT2D eigenvalue weighted by Crippen LogP contribution is -2.00. The van der Waals surface area contributed by atoms with Crippen LogP contribution in [0.1, 0.15) is 16.7 Å². The van der Waals surface area contributed by atoms with Gasteiger partial charge in [0.1, 0.15) is 0 Å². The fourth-order valence-corrected chi connectivity index (χ4v) is 1.81. The van der Waals surface area contributed by atoms with Crippen molar-refractivity contribution in [2.24, 2.45) is 0 Å². The predicted octanol–water partition coefficient (Wildman–Crippen LogP) is 2.39. The monoisotopic (exact) mass is 242 g/mol. The van der Waals surface area contributed by atoms with Crippen molar-refractivity contribution in [1.29, 1.82) is 0 Å². The lowest BCUT2D eigenvalue weighted by Gasteiger charge is -2.07. The molecule has 0 radical (unpaired) electrons. The fourth-order valence-electron chi connectivity index (χ4n) is 1.81. The van der Waals surface area contributed by atoms with E-state index in [1.807, 2.05) is 32.0 Å². The van der Waals surface area contributed by atoms with Gasteiger partial charge in [0.25, 0.3) is 0 Å². The molecule has 2 aromatic rings. The van der Waals surface area contributed by atoms with Gasteiger partial charge in [-0.1, -0.05) is 18.2 Å². The maximum absolute atomic E-state index is 10.7. The highest BCUT2D eigenvalue weighted by Crippen LogP contribution is 2.23. The zero-order valence-electron chi connectivity index (χ0n) is 10.3. The van der Waals surface area contributed by atoms with Gasteiger partial charge in [-0.3, -0.25) is 4.79 Å². The number of hydrogen-bond donors (Lipinski definition) is 1. The molecule has 4 nitrogen and oxygen atoms in total. The molecule has 92 valence electrons. The smallest absolute Gasteiger partial charge is 0.307 e. The summed E-state index contributed by atoms with van der Waals surface area (Å²) in [5, 5.41) is 16.9. The average molecular weight is 242 g/mol. The number of aromatic nitrogens is 2. The minimum atomic E-state index is -0.834. The summed E-state index contributed by atoms with van der Waals surface area (Å²) in [4.78, 5) is 10.7. The van der Waals surface area contributed by atoms with Crippen molar-refractivity contribution < 1.29 is 9.90 Å². The summed E-state index contributed by atoms with van der Waals surface area (Å²) >= 11 is 0. The summed E-state index contributed by atoms with van der Waals surface area (Å²) in [6.45, 7) is 3.97. The number of aliphatic carboxylic acids is 1. The van der Waals surface area contributed by atoms with E-state index in [9.17, 15) is 4.79 Å². The van der Waals surface area contributed by atoms with Gasteiger partial charge in [-0.05, 0) is 36.6 Å². The second kappa shape index (κ2) is 4.96. The Hall–Kier alpha value is -2.23. The van der Waals surface area contributed by atoms with Gasteiger partial charge in [0.15, 0.2) is 0 Å². The van der Waals surface area contributed by atoms with Crippen molar-refractivity contribution in [3.63, 3.8) is 0 Å². The Morgan fingerprint density at radius 3 is 2.83 bits per heavy atom. The van der Waals surface area contributed by atoms with E-state index < -0.39 is 5.97 Å². The Morgan fingerprint density at radius 2 is 2.11 bits per heavy atom. The van der Waals surface area contributed by atoms with Crippen molar-refractivity contribution in [1.82, 2.24) is 10.2 Å². The number of aryl methyl sites for hydroxylation is 1. The molecule has 1 heterocycles. The van der Waals surface area contributed by atoms with Crippen LogP contribution in [0.15, 0.2) is 30.5 Å². The van der Waals surface area contributed by atoms with Crippen LogP contribution in [-0.4, -0.2) is 21.3 Å². The Kier molecular flexibility index (Phi) is 3.37. The lowest BCUT2D eigenvalue weighted by molar-refractivity contribution is -0.136. The van der Waals surface area contributed by atoms with Crippen LogP contribution in [0.4, 0.5) is 0 Å². The predicted molar refractivity (Wildman–Crippen MR) is 68.3 cm³/mol. The number of nitrogens with zero attached hydrogens (tertiary/aromatic N) is 2. The normalized spacial score (nSPS) is 10.3. The van der Waals surface area contributed by atoms with Crippen molar-refractivity contribution >= 4 is 5.97 Å². The standard InChI is InChI=1S/C14H14N2O2/c1-9-8-15-16-14(10(9)2)12-5-3-4-11(6-12)7-13(17)18/h3-6,8H,7H2,1-2H3,(H,17,18). The molecular formula is C14H14N2O2. The quantitative estimate of drug-likeness (QED) is 0.897. The van der Waals surface area contributed by atoms with Crippen molar-refractivity contribution in [3.8, 4) is 11.3 Å². The van der Waals surface area contributed by atoms with E-state index >= 15 is 0 Å². The molecule has 1 aromatic heterocycles. The largest absolute Gasteiger partial charge is 0.481 e. The highest BCUT2D eigenvalue weighted by atomic mass is 16.4. The molecule has 18 heavy (non-hydrogen) atoms. The van der Waals surface area contributed by atoms with Crippen LogP contribution >= 0.6 is 0 Å². The summed E-state index contributed by atoms with van der Waals surface area (Å²) in [6.07, 6.45) is 1.74. The maximum Gasteiger partial charge on any atom is 0.307 e. The molecule has 0 aliphatic heterocycles. The van der Waals surface area contributed by atoms with Gasteiger partial charge in [0.2, 0.25) is 0 Å². The van der Waals surface area contributed by atoms with Gasteiger partial charge in [0, 0.05) is 5.56 Å². The highest BCUT2D eigenvalue weighted by molar-refractivity contribution is 5.72. The van der Waals surface area contributed by atoms with Gasteiger partial charge < -0.3 is 5.11 Å². The number of benzene rings is 1.